The Labute approximate surface area is 71.0 Å². The lowest BCUT2D eigenvalue weighted by atomic mass is 11.2. The SMILES string of the molecule is C[Si](C)(C)C=C[Si](C)(C)Cl. The summed E-state index contributed by atoms with van der Waals surface area (Å²) in [6.45, 7) is 11.2. The van der Waals surface area contributed by atoms with Gasteiger partial charge >= 0.3 is 0 Å². The van der Waals surface area contributed by atoms with Crippen LogP contribution in [-0.4, -0.2) is 15.5 Å². The van der Waals surface area contributed by atoms with Gasteiger partial charge in [-0.15, -0.1) is 5.70 Å². The Bertz CT molecular complexity index is 112. The van der Waals surface area contributed by atoms with Crippen molar-refractivity contribution in [2.24, 2.45) is 0 Å². The standard InChI is InChI=1S/C7H17ClSi2/c1-9(2,3)6-7-10(4,5)8/h6-7H,1-5H3. The highest BCUT2D eigenvalue weighted by Gasteiger charge is 2.14. The summed E-state index contributed by atoms with van der Waals surface area (Å²) >= 11 is 6.11. The molecule has 0 spiro atoms. The second-order valence-electron chi connectivity index (χ2n) is 4.26. The number of halogens is 1. The van der Waals surface area contributed by atoms with Crippen LogP contribution in [0.2, 0.25) is 32.7 Å². The van der Waals surface area contributed by atoms with E-state index in [2.05, 4.69) is 44.1 Å². The molecule has 0 nitrogen and oxygen atoms in total. The molecule has 0 bridgehead atoms. The van der Waals surface area contributed by atoms with Gasteiger partial charge in [0.25, 0.3) is 0 Å². The average Bonchev–Trinajstić information content (AvgIpc) is 1.57. The highest BCUT2D eigenvalue weighted by Crippen LogP contribution is 2.12. The number of hydrogen-bond donors (Lipinski definition) is 0. The Morgan fingerprint density at radius 2 is 1.30 bits per heavy atom. The fourth-order valence-electron chi connectivity index (χ4n) is 0.448. The Kier molecular flexibility index (Phi) is 3.39. The molecule has 0 N–H and O–H groups in total. The molecule has 0 aromatic carbocycles. The smallest absolute Gasteiger partial charge is 0.162 e. The first-order valence-electron chi connectivity index (χ1n) is 3.60. The van der Waals surface area contributed by atoms with Gasteiger partial charge in [-0.2, -0.15) is 11.1 Å². The first-order chi connectivity index (χ1) is 4.21. The van der Waals surface area contributed by atoms with Crippen LogP contribution >= 0.6 is 11.1 Å². The molecule has 0 rings (SSSR count). The zero-order valence-electron chi connectivity index (χ0n) is 7.53. The largest absolute Gasteiger partial charge is 0.173 e. The monoisotopic (exact) mass is 192 g/mol. The Balaban J connectivity index is 4.01. The van der Waals surface area contributed by atoms with Crippen LogP contribution < -0.4 is 0 Å². The third-order valence-corrected chi connectivity index (χ3v) is 3.82. The molecule has 0 heterocycles. The summed E-state index contributed by atoms with van der Waals surface area (Å²) in [4.78, 5) is 0. The number of hydrogen-bond acceptors (Lipinski definition) is 0. The van der Waals surface area contributed by atoms with Gasteiger partial charge in [0.1, 0.15) is 0 Å². The van der Waals surface area contributed by atoms with E-state index in [0.717, 1.165) is 0 Å². The zero-order chi connectivity index (χ0) is 8.41. The molecule has 0 aliphatic heterocycles. The lowest BCUT2D eigenvalue weighted by Gasteiger charge is -2.12. The molecule has 0 fully saturated rings. The van der Waals surface area contributed by atoms with Gasteiger partial charge in [0, 0.05) is 0 Å². The Hall–Kier alpha value is 0.464. The maximum atomic E-state index is 6.11. The van der Waals surface area contributed by atoms with Crippen molar-refractivity contribution in [2.75, 3.05) is 0 Å². The molecule has 0 saturated heterocycles. The van der Waals surface area contributed by atoms with Crippen molar-refractivity contribution in [3.05, 3.63) is 11.4 Å². The van der Waals surface area contributed by atoms with Crippen molar-refractivity contribution < 1.29 is 0 Å². The summed E-state index contributed by atoms with van der Waals surface area (Å²) in [7, 11) is -2.44. The van der Waals surface area contributed by atoms with Crippen LogP contribution in [-0.2, 0) is 0 Å². The third-order valence-electron chi connectivity index (χ3n) is 0.980. The molecule has 10 heavy (non-hydrogen) atoms. The van der Waals surface area contributed by atoms with Crippen molar-refractivity contribution in [1.29, 1.82) is 0 Å². The summed E-state index contributed by atoms with van der Waals surface area (Å²) in [5.41, 5.74) is 4.58. The van der Waals surface area contributed by atoms with Crippen molar-refractivity contribution in [3.63, 3.8) is 0 Å². The molecule has 0 radical (unpaired) electrons. The summed E-state index contributed by atoms with van der Waals surface area (Å²) in [5, 5.41) is 0. The van der Waals surface area contributed by atoms with Gasteiger partial charge in [0.15, 0.2) is 7.38 Å². The van der Waals surface area contributed by atoms with E-state index < -0.39 is 15.5 Å². The summed E-state index contributed by atoms with van der Waals surface area (Å²) in [5.74, 6) is 0. The zero-order valence-corrected chi connectivity index (χ0v) is 10.3. The molecule has 0 aliphatic rings. The average molecular weight is 193 g/mol. The van der Waals surface area contributed by atoms with Crippen LogP contribution in [0.4, 0.5) is 0 Å². The molecule has 0 atom stereocenters. The fourth-order valence-corrected chi connectivity index (χ4v) is 4.60. The van der Waals surface area contributed by atoms with Crippen molar-refractivity contribution in [2.45, 2.75) is 32.7 Å². The maximum absolute atomic E-state index is 6.11. The van der Waals surface area contributed by atoms with E-state index >= 15 is 0 Å². The van der Waals surface area contributed by atoms with E-state index in [4.69, 9.17) is 11.1 Å². The van der Waals surface area contributed by atoms with Gasteiger partial charge < -0.3 is 0 Å². The molecular formula is C7H17ClSi2. The van der Waals surface area contributed by atoms with Gasteiger partial charge in [0.05, 0.1) is 8.07 Å². The lowest BCUT2D eigenvalue weighted by Crippen LogP contribution is -2.20. The summed E-state index contributed by atoms with van der Waals surface area (Å²) in [6, 6.07) is 0. The van der Waals surface area contributed by atoms with Crippen LogP contribution in [0.1, 0.15) is 0 Å². The fraction of sp³-hybridized carbons (Fsp3) is 0.714. The van der Waals surface area contributed by atoms with Crippen molar-refractivity contribution >= 4 is 26.5 Å². The van der Waals surface area contributed by atoms with E-state index in [0.29, 0.717) is 0 Å². The molecule has 0 unspecified atom stereocenters. The molecule has 0 aromatic heterocycles. The van der Waals surface area contributed by atoms with Crippen LogP contribution in [0.25, 0.3) is 0 Å². The number of rotatable bonds is 2. The molecule has 3 heteroatoms. The highest BCUT2D eigenvalue weighted by molar-refractivity contribution is 7.22. The van der Waals surface area contributed by atoms with Crippen molar-refractivity contribution in [3.8, 4) is 0 Å². The Morgan fingerprint density at radius 1 is 0.900 bits per heavy atom. The second-order valence-corrected chi connectivity index (χ2v) is 15.7. The highest BCUT2D eigenvalue weighted by atomic mass is 35.6. The lowest BCUT2D eigenvalue weighted by molar-refractivity contribution is 1.76. The van der Waals surface area contributed by atoms with Gasteiger partial charge in [-0.1, -0.05) is 38.4 Å². The molecule has 0 aliphatic carbocycles. The van der Waals surface area contributed by atoms with Gasteiger partial charge in [-0.3, -0.25) is 0 Å². The maximum Gasteiger partial charge on any atom is 0.173 e. The van der Waals surface area contributed by atoms with Gasteiger partial charge in [-0.25, -0.2) is 0 Å². The van der Waals surface area contributed by atoms with E-state index in [1.807, 2.05) is 0 Å². The van der Waals surface area contributed by atoms with E-state index in [-0.39, 0.29) is 0 Å². The second kappa shape index (κ2) is 3.24. The van der Waals surface area contributed by atoms with Gasteiger partial charge in [0.2, 0.25) is 0 Å². The third kappa shape index (κ3) is 8.46. The minimum Gasteiger partial charge on any atom is -0.162 e. The molecular weight excluding hydrogens is 176 g/mol. The normalized spacial score (nSPS) is 14.6. The first-order valence-corrected chi connectivity index (χ1v) is 11.3. The minimum atomic E-state index is -1.44. The first kappa shape index (κ1) is 10.5. The minimum absolute atomic E-state index is 0.997. The van der Waals surface area contributed by atoms with Gasteiger partial charge in [-0.05, 0) is 0 Å². The summed E-state index contributed by atoms with van der Waals surface area (Å²) in [6.07, 6.45) is 0. The van der Waals surface area contributed by atoms with E-state index in [9.17, 15) is 0 Å². The van der Waals surface area contributed by atoms with Crippen LogP contribution in [0.3, 0.4) is 0 Å². The quantitative estimate of drug-likeness (QED) is 0.465. The van der Waals surface area contributed by atoms with Crippen LogP contribution in [0.15, 0.2) is 11.4 Å². The summed E-state index contributed by atoms with van der Waals surface area (Å²) < 4.78 is 0. The van der Waals surface area contributed by atoms with Crippen LogP contribution in [0.5, 0.6) is 0 Å². The van der Waals surface area contributed by atoms with E-state index in [1.54, 1.807) is 0 Å². The predicted molar refractivity (Wildman–Crippen MR) is 55.8 cm³/mol. The molecule has 60 valence electrons. The molecule has 0 aromatic rings. The van der Waals surface area contributed by atoms with E-state index in [1.165, 1.54) is 0 Å². The van der Waals surface area contributed by atoms with Crippen LogP contribution in [0, 0.1) is 0 Å². The molecule has 0 saturated carbocycles. The van der Waals surface area contributed by atoms with Crippen molar-refractivity contribution in [1.82, 2.24) is 0 Å². The Morgan fingerprint density at radius 3 is 1.40 bits per heavy atom. The molecule has 0 amide bonds. The predicted octanol–water partition coefficient (Wildman–Crippen LogP) is 3.40. The topological polar surface area (TPSA) is 0 Å².